The standard InChI is InChI=1S/C27H28F2N4O2/c1-3-13-35-26(34)15-22-21-11-12-23(17(2)27(21)32-24(22)5-4-6-25(32)29)33-20(16-30-31-33)14-18-7-9-19(28)10-8-18/h4-10,16-17,23H,3,11-15H2,1-2H3. The lowest BCUT2D eigenvalue weighted by atomic mass is 9.82. The average molecular weight is 479 g/mol. The molecule has 2 unspecified atom stereocenters. The number of rotatable bonds is 7. The Bertz CT molecular complexity index is 1360. The van der Waals surface area contributed by atoms with Crippen molar-refractivity contribution in [2.24, 2.45) is 0 Å². The number of carbonyl (C=O) groups excluding carboxylic acids is 1. The lowest BCUT2D eigenvalue weighted by molar-refractivity contribution is -0.142. The van der Waals surface area contributed by atoms with Crippen LogP contribution < -0.4 is 0 Å². The van der Waals surface area contributed by atoms with E-state index in [-0.39, 0.29) is 36.1 Å². The van der Waals surface area contributed by atoms with E-state index in [1.165, 1.54) is 18.2 Å². The number of benzene rings is 1. The molecule has 35 heavy (non-hydrogen) atoms. The Morgan fingerprint density at radius 2 is 1.97 bits per heavy atom. The first kappa shape index (κ1) is 23.2. The van der Waals surface area contributed by atoms with E-state index in [0.717, 1.165) is 40.9 Å². The van der Waals surface area contributed by atoms with Gasteiger partial charge in [-0.25, -0.2) is 9.07 Å². The molecule has 0 radical (unpaired) electrons. The van der Waals surface area contributed by atoms with E-state index in [0.29, 0.717) is 25.0 Å². The molecule has 8 heteroatoms. The highest BCUT2D eigenvalue weighted by Gasteiger charge is 2.35. The van der Waals surface area contributed by atoms with Crippen LogP contribution in [0.2, 0.25) is 0 Å². The number of hydrogen-bond acceptors (Lipinski definition) is 4. The van der Waals surface area contributed by atoms with E-state index >= 15 is 4.39 Å². The van der Waals surface area contributed by atoms with Crippen LogP contribution in [0.3, 0.4) is 0 Å². The molecule has 1 aliphatic carbocycles. The molecule has 5 rings (SSSR count). The summed E-state index contributed by atoms with van der Waals surface area (Å²) in [5, 5.41) is 8.54. The highest BCUT2D eigenvalue weighted by Crippen LogP contribution is 2.43. The zero-order valence-electron chi connectivity index (χ0n) is 19.9. The molecule has 0 amide bonds. The number of hydrogen-bond donors (Lipinski definition) is 0. The van der Waals surface area contributed by atoms with Crippen molar-refractivity contribution in [2.45, 2.75) is 57.9 Å². The van der Waals surface area contributed by atoms with Crippen LogP contribution >= 0.6 is 0 Å². The third-order valence-corrected chi connectivity index (χ3v) is 6.91. The minimum absolute atomic E-state index is 0.0296. The summed E-state index contributed by atoms with van der Waals surface area (Å²) >= 11 is 0. The third-order valence-electron chi connectivity index (χ3n) is 6.91. The Hall–Kier alpha value is -3.55. The van der Waals surface area contributed by atoms with Crippen LogP contribution in [0.5, 0.6) is 0 Å². The van der Waals surface area contributed by atoms with Crippen molar-refractivity contribution < 1.29 is 18.3 Å². The maximum absolute atomic E-state index is 15.2. The van der Waals surface area contributed by atoms with Gasteiger partial charge in [-0.2, -0.15) is 4.39 Å². The Morgan fingerprint density at radius 1 is 1.17 bits per heavy atom. The molecule has 0 saturated heterocycles. The summed E-state index contributed by atoms with van der Waals surface area (Å²) < 4.78 is 37.4. The van der Waals surface area contributed by atoms with Gasteiger partial charge in [-0.1, -0.05) is 37.3 Å². The van der Waals surface area contributed by atoms with E-state index in [1.54, 1.807) is 28.8 Å². The zero-order chi connectivity index (χ0) is 24.5. The monoisotopic (exact) mass is 478 g/mol. The van der Waals surface area contributed by atoms with Crippen molar-refractivity contribution >= 4 is 11.5 Å². The first-order valence-electron chi connectivity index (χ1n) is 12.1. The van der Waals surface area contributed by atoms with E-state index in [9.17, 15) is 9.18 Å². The van der Waals surface area contributed by atoms with Crippen LogP contribution in [-0.2, 0) is 28.8 Å². The molecule has 1 aliphatic rings. The average Bonchev–Trinajstić information content (AvgIpc) is 3.43. The van der Waals surface area contributed by atoms with Gasteiger partial charge in [0, 0.05) is 18.0 Å². The number of pyridine rings is 1. The van der Waals surface area contributed by atoms with Crippen LogP contribution in [-0.4, -0.2) is 32.0 Å². The Morgan fingerprint density at radius 3 is 2.74 bits per heavy atom. The third kappa shape index (κ3) is 4.33. The molecule has 0 aliphatic heterocycles. The molecule has 3 aromatic heterocycles. The summed E-state index contributed by atoms with van der Waals surface area (Å²) in [4.78, 5) is 12.5. The van der Waals surface area contributed by atoms with Crippen LogP contribution in [0.15, 0.2) is 48.7 Å². The number of carbonyl (C=O) groups is 1. The van der Waals surface area contributed by atoms with Gasteiger partial charge >= 0.3 is 5.97 Å². The van der Waals surface area contributed by atoms with Gasteiger partial charge in [0.15, 0.2) is 5.95 Å². The fraction of sp³-hybridized carbons (Fsp3) is 0.370. The normalized spacial score (nSPS) is 17.5. The number of halogens is 2. The van der Waals surface area contributed by atoms with E-state index in [1.807, 2.05) is 17.7 Å². The maximum atomic E-state index is 15.2. The van der Waals surface area contributed by atoms with Crippen LogP contribution in [0.25, 0.3) is 5.52 Å². The van der Waals surface area contributed by atoms with Crippen molar-refractivity contribution in [3.05, 3.63) is 88.5 Å². The van der Waals surface area contributed by atoms with Gasteiger partial charge in [0.25, 0.3) is 0 Å². The topological polar surface area (TPSA) is 61.4 Å². The summed E-state index contributed by atoms with van der Waals surface area (Å²) in [6, 6.07) is 11.4. The van der Waals surface area contributed by atoms with Crippen LogP contribution in [0.4, 0.5) is 8.78 Å². The largest absolute Gasteiger partial charge is 0.465 e. The van der Waals surface area contributed by atoms with Crippen molar-refractivity contribution in [2.75, 3.05) is 6.61 Å². The molecule has 4 aromatic rings. The zero-order valence-corrected chi connectivity index (χ0v) is 19.9. The minimum atomic E-state index is -0.357. The molecule has 3 heterocycles. The Balaban J connectivity index is 1.51. The van der Waals surface area contributed by atoms with Gasteiger partial charge < -0.3 is 4.74 Å². The van der Waals surface area contributed by atoms with Crippen LogP contribution in [0, 0.1) is 11.8 Å². The van der Waals surface area contributed by atoms with Gasteiger partial charge in [-0.15, -0.1) is 5.10 Å². The van der Waals surface area contributed by atoms with Crippen molar-refractivity contribution in [3.63, 3.8) is 0 Å². The summed E-state index contributed by atoms with van der Waals surface area (Å²) in [7, 11) is 0. The molecule has 0 fully saturated rings. The van der Waals surface area contributed by atoms with Crippen molar-refractivity contribution in [1.29, 1.82) is 0 Å². The summed E-state index contributed by atoms with van der Waals surface area (Å²) in [5.74, 6) is -0.994. The number of ether oxygens (including phenoxy) is 1. The highest BCUT2D eigenvalue weighted by molar-refractivity contribution is 5.78. The number of fused-ring (bicyclic) bond motifs is 3. The summed E-state index contributed by atoms with van der Waals surface area (Å²) in [6.45, 7) is 4.40. The molecule has 0 bridgehead atoms. The predicted octanol–water partition coefficient (Wildman–Crippen LogP) is 5.19. The first-order valence-corrected chi connectivity index (χ1v) is 12.1. The second-order valence-electron chi connectivity index (χ2n) is 9.18. The van der Waals surface area contributed by atoms with E-state index in [4.69, 9.17) is 4.74 Å². The van der Waals surface area contributed by atoms with Crippen molar-refractivity contribution in [1.82, 2.24) is 19.4 Å². The molecule has 0 spiro atoms. The quantitative estimate of drug-likeness (QED) is 0.271. The minimum Gasteiger partial charge on any atom is -0.465 e. The first-order chi connectivity index (χ1) is 17.0. The second-order valence-corrected chi connectivity index (χ2v) is 9.18. The molecule has 6 nitrogen and oxygen atoms in total. The molecule has 0 saturated carbocycles. The van der Waals surface area contributed by atoms with Gasteiger partial charge in [-0.3, -0.25) is 9.20 Å². The van der Waals surface area contributed by atoms with E-state index in [2.05, 4.69) is 17.2 Å². The molecule has 1 aromatic carbocycles. The molecular formula is C27H28F2N4O2. The fourth-order valence-electron chi connectivity index (χ4n) is 5.31. The predicted molar refractivity (Wildman–Crippen MR) is 127 cm³/mol. The maximum Gasteiger partial charge on any atom is 0.310 e. The van der Waals surface area contributed by atoms with Crippen molar-refractivity contribution in [3.8, 4) is 0 Å². The lowest BCUT2D eigenvalue weighted by Gasteiger charge is -2.31. The Kier molecular flexibility index (Phi) is 6.36. The van der Waals surface area contributed by atoms with Gasteiger partial charge in [0.05, 0.1) is 36.5 Å². The van der Waals surface area contributed by atoms with Gasteiger partial charge in [-0.05, 0) is 60.2 Å². The fourth-order valence-corrected chi connectivity index (χ4v) is 5.31. The van der Waals surface area contributed by atoms with Gasteiger partial charge in [0.2, 0.25) is 0 Å². The smallest absolute Gasteiger partial charge is 0.310 e. The number of aromatic nitrogens is 4. The molecule has 182 valence electrons. The second kappa shape index (κ2) is 9.60. The Labute approximate surface area is 202 Å². The SMILES string of the molecule is CCCOC(=O)Cc1c2c(n3c(F)cccc13)C(C)C(n1nncc1Cc1ccc(F)cc1)CC2. The number of nitrogens with zero attached hydrogens (tertiary/aromatic N) is 4. The molecular weight excluding hydrogens is 450 g/mol. The lowest BCUT2D eigenvalue weighted by Crippen LogP contribution is -2.26. The number of esters is 1. The van der Waals surface area contributed by atoms with E-state index < -0.39 is 0 Å². The summed E-state index contributed by atoms with van der Waals surface area (Å²) in [6.07, 6.45) is 4.66. The molecule has 2 atom stereocenters. The highest BCUT2D eigenvalue weighted by atomic mass is 19.1. The molecule has 0 N–H and O–H groups in total. The summed E-state index contributed by atoms with van der Waals surface area (Å²) in [5.41, 5.74) is 5.33. The van der Waals surface area contributed by atoms with Crippen LogP contribution in [0.1, 0.15) is 66.7 Å². The van der Waals surface area contributed by atoms with Gasteiger partial charge in [0.1, 0.15) is 5.82 Å².